The van der Waals surface area contributed by atoms with Crippen molar-refractivity contribution in [1.82, 2.24) is 0 Å². The number of anilines is 1. The molecule has 4 nitrogen and oxygen atoms in total. The topological polar surface area (TPSA) is 80.4 Å². The summed E-state index contributed by atoms with van der Waals surface area (Å²) in [4.78, 5) is 22.1. The molecule has 0 aliphatic rings. The molecule has 0 radical (unpaired) electrons. The average Bonchev–Trinajstić information content (AvgIpc) is 2.17. The van der Waals surface area contributed by atoms with Crippen LogP contribution in [0.15, 0.2) is 24.3 Å². The number of carbonyl (C=O) groups is 2. The largest absolute Gasteiger partial charge is 0.481 e. The first-order valence-corrected chi connectivity index (χ1v) is 4.62. The molecule has 0 amide bonds. The zero-order valence-corrected chi connectivity index (χ0v) is 9.66. The van der Waals surface area contributed by atoms with Crippen molar-refractivity contribution in [2.24, 2.45) is 5.92 Å². The highest BCUT2D eigenvalue weighted by Crippen LogP contribution is 2.13. The number of nitrogens with two attached hydrogens (primary N) is 1. The molecule has 1 aromatic rings. The van der Waals surface area contributed by atoms with Crippen LogP contribution in [0.2, 0.25) is 0 Å². The maximum absolute atomic E-state index is 11.7. The molecule has 1 rings (SSSR count). The molecule has 0 unspecified atom stereocenters. The van der Waals surface area contributed by atoms with Crippen LogP contribution in [-0.2, 0) is 4.79 Å². The molecule has 16 heavy (non-hydrogen) atoms. The molecule has 0 aromatic heterocycles. The maximum Gasteiger partial charge on any atom is 0.304 e. The van der Waals surface area contributed by atoms with E-state index in [4.69, 9.17) is 10.8 Å². The number of rotatable bonds is 4. The van der Waals surface area contributed by atoms with Gasteiger partial charge >= 0.3 is 5.97 Å². The van der Waals surface area contributed by atoms with Gasteiger partial charge < -0.3 is 10.8 Å². The summed E-state index contributed by atoms with van der Waals surface area (Å²) in [5.41, 5.74) is 6.56. The molecule has 0 aliphatic carbocycles. The molecular formula is C11H14ClNO3. The number of hydrogen-bond donors (Lipinski definition) is 2. The zero-order chi connectivity index (χ0) is 11.4. The third kappa shape index (κ3) is 3.90. The van der Waals surface area contributed by atoms with Crippen LogP contribution in [0.25, 0.3) is 0 Å². The summed E-state index contributed by atoms with van der Waals surface area (Å²) in [6.07, 6.45) is -0.150. The van der Waals surface area contributed by atoms with Crippen molar-refractivity contribution in [2.75, 3.05) is 5.73 Å². The van der Waals surface area contributed by atoms with Gasteiger partial charge in [0.05, 0.1) is 6.42 Å². The Morgan fingerprint density at radius 2 is 1.81 bits per heavy atom. The molecule has 0 aliphatic heterocycles. The van der Waals surface area contributed by atoms with Crippen LogP contribution >= 0.6 is 12.4 Å². The Kier molecular flexibility index (Phi) is 5.53. The van der Waals surface area contributed by atoms with E-state index in [0.29, 0.717) is 11.3 Å². The predicted molar refractivity (Wildman–Crippen MR) is 63.8 cm³/mol. The molecule has 1 aromatic carbocycles. The first kappa shape index (κ1) is 14.5. The minimum Gasteiger partial charge on any atom is -0.481 e. The fourth-order valence-electron chi connectivity index (χ4n) is 1.29. The summed E-state index contributed by atoms with van der Waals surface area (Å²) in [6.45, 7) is 1.60. The van der Waals surface area contributed by atoms with Crippen molar-refractivity contribution in [1.29, 1.82) is 0 Å². The third-order valence-corrected chi connectivity index (χ3v) is 2.12. The van der Waals surface area contributed by atoms with Gasteiger partial charge in [-0.3, -0.25) is 9.59 Å². The molecule has 5 heteroatoms. The fraction of sp³-hybridized carbons (Fsp3) is 0.273. The average molecular weight is 244 g/mol. The Balaban J connectivity index is 0.00000225. The highest BCUT2D eigenvalue weighted by atomic mass is 35.5. The smallest absolute Gasteiger partial charge is 0.304 e. The zero-order valence-electron chi connectivity index (χ0n) is 8.84. The summed E-state index contributed by atoms with van der Waals surface area (Å²) in [6, 6.07) is 6.47. The van der Waals surface area contributed by atoms with Gasteiger partial charge in [-0.05, 0) is 24.3 Å². The lowest BCUT2D eigenvalue weighted by Crippen LogP contribution is -2.15. The van der Waals surface area contributed by atoms with Gasteiger partial charge in [-0.15, -0.1) is 12.4 Å². The van der Waals surface area contributed by atoms with E-state index in [9.17, 15) is 9.59 Å². The Morgan fingerprint density at radius 3 is 2.25 bits per heavy atom. The number of hydrogen-bond acceptors (Lipinski definition) is 3. The molecule has 0 bridgehead atoms. The molecule has 0 saturated heterocycles. The van der Waals surface area contributed by atoms with Gasteiger partial charge in [0.15, 0.2) is 5.78 Å². The third-order valence-electron chi connectivity index (χ3n) is 2.12. The second kappa shape index (κ2) is 6.12. The Morgan fingerprint density at radius 1 is 1.31 bits per heavy atom. The van der Waals surface area contributed by atoms with E-state index in [1.54, 1.807) is 31.2 Å². The lowest BCUT2D eigenvalue weighted by Gasteiger charge is -2.07. The maximum atomic E-state index is 11.7. The van der Waals surface area contributed by atoms with Crippen LogP contribution in [0.1, 0.15) is 23.7 Å². The monoisotopic (exact) mass is 243 g/mol. The standard InChI is InChI=1S/C11H13NO3.ClH/c1-7(6-10(13)14)11(15)8-2-4-9(12)5-3-8;/h2-5,7H,6,12H2,1H3,(H,13,14);1H/t7-;/m1./s1. The normalized spacial score (nSPS) is 11.3. The summed E-state index contributed by atoms with van der Waals surface area (Å²) < 4.78 is 0. The number of carboxylic acid groups (broad SMARTS) is 1. The minimum atomic E-state index is -0.966. The minimum absolute atomic E-state index is 0. The Bertz CT molecular complexity index is 375. The molecule has 0 heterocycles. The highest BCUT2D eigenvalue weighted by Gasteiger charge is 2.17. The number of Topliss-reactive ketones (excluding diaryl/α,β-unsaturated/α-hetero) is 1. The Labute approximate surface area is 99.9 Å². The van der Waals surface area contributed by atoms with Crippen LogP contribution in [0.4, 0.5) is 5.69 Å². The number of aliphatic carboxylic acids is 1. The van der Waals surface area contributed by atoms with Gasteiger partial charge in [0.1, 0.15) is 0 Å². The number of carboxylic acids is 1. The molecule has 0 saturated carbocycles. The van der Waals surface area contributed by atoms with Gasteiger partial charge in [-0.2, -0.15) is 0 Å². The number of carbonyl (C=O) groups excluding carboxylic acids is 1. The lowest BCUT2D eigenvalue weighted by molar-refractivity contribution is -0.137. The van der Waals surface area contributed by atoms with Crippen molar-refractivity contribution in [3.8, 4) is 0 Å². The molecule has 0 fully saturated rings. The van der Waals surface area contributed by atoms with E-state index < -0.39 is 11.9 Å². The molecular weight excluding hydrogens is 230 g/mol. The quantitative estimate of drug-likeness (QED) is 0.626. The van der Waals surface area contributed by atoms with Gasteiger partial charge in [0, 0.05) is 17.2 Å². The van der Waals surface area contributed by atoms with Crippen molar-refractivity contribution in [3.05, 3.63) is 29.8 Å². The van der Waals surface area contributed by atoms with Crippen molar-refractivity contribution in [2.45, 2.75) is 13.3 Å². The van der Waals surface area contributed by atoms with Crippen LogP contribution in [-0.4, -0.2) is 16.9 Å². The van der Waals surface area contributed by atoms with Crippen molar-refractivity contribution in [3.63, 3.8) is 0 Å². The predicted octanol–water partition coefficient (Wildman–Crippen LogP) is 1.98. The van der Waals surface area contributed by atoms with Crippen molar-refractivity contribution < 1.29 is 14.7 Å². The molecule has 1 atom stereocenters. The second-order valence-electron chi connectivity index (χ2n) is 3.49. The molecule has 0 spiro atoms. The number of nitrogen functional groups attached to an aromatic ring is 1. The Hall–Kier alpha value is -1.55. The van der Waals surface area contributed by atoms with Crippen LogP contribution in [0, 0.1) is 5.92 Å². The van der Waals surface area contributed by atoms with Gasteiger partial charge in [-0.25, -0.2) is 0 Å². The van der Waals surface area contributed by atoms with Crippen molar-refractivity contribution >= 4 is 29.8 Å². The van der Waals surface area contributed by atoms with E-state index in [1.807, 2.05) is 0 Å². The number of halogens is 1. The highest BCUT2D eigenvalue weighted by molar-refractivity contribution is 5.99. The van der Waals surface area contributed by atoms with E-state index in [-0.39, 0.29) is 24.6 Å². The first-order valence-electron chi connectivity index (χ1n) is 4.62. The lowest BCUT2D eigenvalue weighted by atomic mass is 9.96. The number of ketones is 1. The molecule has 88 valence electrons. The van der Waals surface area contributed by atoms with Gasteiger partial charge in [0.25, 0.3) is 0 Å². The summed E-state index contributed by atoms with van der Waals surface area (Å²) in [5.74, 6) is -1.64. The summed E-state index contributed by atoms with van der Waals surface area (Å²) in [7, 11) is 0. The van der Waals surface area contributed by atoms with E-state index in [2.05, 4.69) is 0 Å². The fourth-order valence-corrected chi connectivity index (χ4v) is 1.29. The summed E-state index contributed by atoms with van der Waals surface area (Å²) in [5, 5.41) is 8.55. The van der Waals surface area contributed by atoms with E-state index in [0.717, 1.165) is 0 Å². The van der Waals surface area contributed by atoms with Gasteiger partial charge in [0.2, 0.25) is 0 Å². The van der Waals surface area contributed by atoms with Crippen LogP contribution < -0.4 is 5.73 Å². The molecule has 3 N–H and O–H groups in total. The van der Waals surface area contributed by atoms with E-state index in [1.165, 1.54) is 0 Å². The van der Waals surface area contributed by atoms with Crippen LogP contribution in [0.3, 0.4) is 0 Å². The summed E-state index contributed by atoms with van der Waals surface area (Å²) >= 11 is 0. The van der Waals surface area contributed by atoms with E-state index >= 15 is 0 Å². The van der Waals surface area contributed by atoms with Crippen LogP contribution in [0.5, 0.6) is 0 Å². The SMILES string of the molecule is C[C@H](CC(=O)O)C(=O)c1ccc(N)cc1.Cl. The first-order chi connectivity index (χ1) is 7.00. The van der Waals surface area contributed by atoms with Gasteiger partial charge in [-0.1, -0.05) is 6.92 Å². The second-order valence-corrected chi connectivity index (χ2v) is 3.49. The number of benzene rings is 1.